The maximum absolute atomic E-state index is 12.8. The van der Waals surface area contributed by atoms with Crippen LogP contribution in [0.15, 0.2) is 24.3 Å². The van der Waals surface area contributed by atoms with E-state index in [1.807, 2.05) is 0 Å². The van der Waals surface area contributed by atoms with Gasteiger partial charge in [0.2, 0.25) is 5.91 Å². The molecule has 0 spiro atoms. The number of hydrogen-bond acceptors (Lipinski definition) is 3. The number of hydrogen-bond donors (Lipinski definition) is 3. The van der Waals surface area contributed by atoms with Crippen molar-refractivity contribution in [1.82, 2.24) is 10.6 Å². The predicted octanol–water partition coefficient (Wildman–Crippen LogP) is 1.05. The first-order valence-electron chi connectivity index (χ1n) is 6.72. The van der Waals surface area contributed by atoms with E-state index in [0.29, 0.717) is 12.0 Å². The molecule has 0 aliphatic rings. The summed E-state index contributed by atoms with van der Waals surface area (Å²) >= 11 is 0. The van der Waals surface area contributed by atoms with Crippen molar-refractivity contribution in [2.75, 3.05) is 19.6 Å². The van der Waals surface area contributed by atoms with Gasteiger partial charge in [0.1, 0.15) is 5.82 Å². The van der Waals surface area contributed by atoms with Gasteiger partial charge in [0.25, 0.3) is 11.8 Å². The summed E-state index contributed by atoms with van der Waals surface area (Å²) in [4.78, 5) is 23.0. The molecular weight excluding hydrogens is 299 g/mol. The molecule has 0 fully saturated rings. The van der Waals surface area contributed by atoms with Crippen LogP contribution in [-0.4, -0.2) is 37.4 Å². The van der Waals surface area contributed by atoms with Crippen LogP contribution < -0.4 is 16.4 Å². The van der Waals surface area contributed by atoms with Crippen molar-refractivity contribution in [1.29, 1.82) is 0 Å². The van der Waals surface area contributed by atoms with Crippen LogP contribution in [0.5, 0.6) is 0 Å². The normalized spacial score (nSPS) is 11.1. The maximum atomic E-state index is 12.8. The molecule has 122 valence electrons. The lowest BCUT2D eigenvalue weighted by Gasteiger charge is -2.14. The minimum absolute atomic E-state index is 0.00431. The van der Waals surface area contributed by atoms with E-state index in [4.69, 9.17) is 5.73 Å². The highest BCUT2D eigenvalue weighted by molar-refractivity contribution is 5.94. The Balaban J connectivity index is 2.20. The van der Waals surface area contributed by atoms with Crippen molar-refractivity contribution in [2.45, 2.75) is 18.8 Å². The Kier molecular flexibility index (Phi) is 6.84. The fraction of sp³-hybridized carbons (Fsp3) is 0.429. The zero-order valence-corrected chi connectivity index (χ0v) is 11.9. The van der Waals surface area contributed by atoms with E-state index in [9.17, 15) is 22.8 Å². The van der Waals surface area contributed by atoms with Gasteiger partial charge in [-0.3, -0.25) is 9.59 Å². The number of amides is 2. The van der Waals surface area contributed by atoms with Gasteiger partial charge >= 0.3 is 0 Å². The van der Waals surface area contributed by atoms with Crippen molar-refractivity contribution in [3.8, 4) is 0 Å². The van der Waals surface area contributed by atoms with Crippen LogP contribution in [0.2, 0.25) is 0 Å². The van der Waals surface area contributed by atoms with E-state index < -0.39 is 36.6 Å². The molecule has 0 aromatic heterocycles. The summed E-state index contributed by atoms with van der Waals surface area (Å²) in [7, 11) is 0. The maximum Gasteiger partial charge on any atom is 0.277 e. The van der Waals surface area contributed by atoms with Crippen LogP contribution in [0.4, 0.5) is 13.2 Å². The second kappa shape index (κ2) is 8.38. The molecule has 0 radical (unpaired) electrons. The molecule has 0 aliphatic carbocycles. The Morgan fingerprint density at radius 3 is 2.36 bits per heavy atom. The molecule has 2 amide bonds. The molecule has 0 saturated carbocycles. The summed E-state index contributed by atoms with van der Waals surface area (Å²) in [5.41, 5.74) is 5.14. The van der Waals surface area contributed by atoms with E-state index in [1.165, 1.54) is 24.3 Å². The summed E-state index contributed by atoms with van der Waals surface area (Å²) in [6.07, 6.45) is 0.303. The highest BCUT2D eigenvalue weighted by Gasteiger charge is 2.26. The molecule has 0 heterocycles. The summed E-state index contributed by atoms with van der Waals surface area (Å²) in [6, 6.07) is 5.01. The first-order chi connectivity index (χ1) is 10.3. The monoisotopic (exact) mass is 317 g/mol. The molecule has 0 bridgehead atoms. The van der Waals surface area contributed by atoms with Crippen LogP contribution >= 0.6 is 0 Å². The summed E-state index contributed by atoms with van der Waals surface area (Å²) in [5.74, 6) is -4.49. The molecule has 1 rings (SSSR count). The molecule has 1 aromatic carbocycles. The lowest BCUT2D eigenvalue weighted by atomic mass is 10.2. The largest absolute Gasteiger partial charge is 0.352 e. The van der Waals surface area contributed by atoms with Gasteiger partial charge in [-0.15, -0.1) is 0 Å². The SMILES string of the molecule is NCC(F)(F)CNC(=O)CCCNC(=O)c1ccc(F)cc1. The zero-order valence-electron chi connectivity index (χ0n) is 11.9. The van der Waals surface area contributed by atoms with Crippen LogP contribution in [0.3, 0.4) is 0 Å². The summed E-state index contributed by atoms with van der Waals surface area (Å²) in [5, 5.41) is 4.62. The molecule has 0 saturated heterocycles. The molecule has 4 N–H and O–H groups in total. The number of rotatable bonds is 8. The lowest BCUT2D eigenvalue weighted by Crippen LogP contribution is -2.41. The Morgan fingerprint density at radius 2 is 1.77 bits per heavy atom. The van der Waals surface area contributed by atoms with E-state index in [2.05, 4.69) is 10.6 Å². The van der Waals surface area contributed by atoms with Crippen LogP contribution in [0, 0.1) is 5.82 Å². The lowest BCUT2D eigenvalue weighted by molar-refractivity contribution is -0.122. The first kappa shape index (κ1) is 18.0. The van der Waals surface area contributed by atoms with Gasteiger partial charge in [0.05, 0.1) is 13.1 Å². The van der Waals surface area contributed by atoms with E-state index >= 15 is 0 Å². The Hall–Kier alpha value is -2.09. The van der Waals surface area contributed by atoms with Crippen molar-refractivity contribution in [3.05, 3.63) is 35.6 Å². The van der Waals surface area contributed by atoms with Gasteiger partial charge in [-0.2, -0.15) is 0 Å². The summed E-state index contributed by atoms with van der Waals surface area (Å²) < 4.78 is 38.3. The van der Waals surface area contributed by atoms with Crippen LogP contribution in [0.25, 0.3) is 0 Å². The number of alkyl halides is 2. The number of nitrogens with two attached hydrogens (primary N) is 1. The number of carbonyl (C=O) groups excluding carboxylic acids is 2. The third kappa shape index (κ3) is 6.57. The predicted molar refractivity (Wildman–Crippen MR) is 75.0 cm³/mol. The molecule has 0 aliphatic heterocycles. The molecule has 5 nitrogen and oxygen atoms in total. The number of benzene rings is 1. The molecule has 0 atom stereocenters. The molecular formula is C14H18F3N3O2. The van der Waals surface area contributed by atoms with Gasteiger partial charge in [0, 0.05) is 18.5 Å². The van der Waals surface area contributed by atoms with Crippen LogP contribution in [0.1, 0.15) is 23.2 Å². The van der Waals surface area contributed by atoms with E-state index in [-0.39, 0.29) is 13.0 Å². The van der Waals surface area contributed by atoms with E-state index in [1.54, 1.807) is 0 Å². The van der Waals surface area contributed by atoms with Crippen molar-refractivity contribution < 1.29 is 22.8 Å². The molecule has 8 heteroatoms. The van der Waals surface area contributed by atoms with Crippen molar-refractivity contribution in [3.63, 3.8) is 0 Å². The highest BCUT2D eigenvalue weighted by atomic mass is 19.3. The average Bonchev–Trinajstić information content (AvgIpc) is 2.50. The average molecular weight is 317 g/mol. The molecule has 1 aromatic rings. The number of halogens is 3. The zero-order chi connectivity index (χ0) is 16.6. The number of carbonyl (C=O) groups is 2. The third-order valence-electron chi connectivity index (χ3n) is 2.82. The first-order valence-corrected chi connectivity index (χ1v) is 6.72. The molecule has 0 unspecified atom stereocenters. The van der Waals surface area contributed by atoms with Gasteiger partial charge in [-0.1, -0.05) is 0 Å². The Bertz CT molecular complexity index is 507. The standard InChI is InChI=1S/C14H18F3N3O2/c15-11-5-3-10(4-6-11)13(22)19-7-1-2-12(21)20-9-14(16,17)8-18/h3-6H,1-2,7-9,18H2,(H,19,22)(H,20,21). The fourth-order valence-electron chi connectivity index (χ4n) is 1.54. The quantitative estimate of drug-likeness (QED) is 0.627. The van der Waals surface area contributed by atoms with Gasteiger partial charge in [-0.25, -0.2) is 13.2 Å². The van der Waals surface area contributed by atoms with E-state index in [0.717, 1.165) is 0 Å². The van der Waals surface area contributed by atoms with Gasteiger partial charge in [-0.05, 0) is 30.7 Å². The topological polar surface area (TPSA) is 84.2 Å². The fourth-order valence-corrected chi connectivity index (χ4v) is 1.54. The highest BCUT2D eigenvalue weighted by Crippen LogP contribution is 2.08. The van der Waals surface area contributed by atoms with Gasteiger partial charge in [0.15, 0.2) is 0 Å². The Morgan fingerprint density at radius 1 is 1.14 bits per heavy atom. The van der Waals surface area contributed by atoms with Crippen molar-refractivity contribution >= 4 is 11.8 Å². The smallest absolute Gasteiger partial charge is 0.277 e. The second-order valence-electron chi connectivity index (χ2n) is 4.70. The Labute approximate surface area is 126 Å². The number of nitrogens with one attached hydrogen (secondary N) is 2. The summed E-state index contributed by atoms with van der Waals surface area (Å²) in [6.45, 7) is -1.43. The minimum Gasteiger partial charge on any atom is -0.352 e. The van der Waals surface area contributed by atoms with Gasteiger partial charge < -0.3 is 16.4 Å². The van der Waals surface area contributed by atoms with Crippen molar-refractivity contribution in [2.24, 2.45) is 5.73 Å². The molecule has 22 heavy (non-hydrogen) atoms. The van der Waals surface area contributed by atoms with Crippen LogP contribution in [-0.2, 0) is 4.79 Å². The third-order valence-corrected chi connectivity index (χ3v) is 2.82. The minimum atomic E-state index is -3.12. The second-order valence-corrected chi connectivity index (χ2v) is 4.70.